The first-order valence-corrected chi connectivity index (χ1v) is 7.86. The smallest absolute Gasteiger partial charge is 0.230 e. The molecule has 0 fully saturated rings. The van der Waals surface area contributed by atoms with Crippen molar-refractivity contribution in [3.63, 3.8) is 0 Å². The lowest BCUT2D eigenvalue weighted by Gasteiger charge is -2.14. The molecule has 0 N–H and O–H groups in total. The van der Waals surface area contributed by atoms with Crippen molar-refractivity contribution in [2.24, 2.45) is 0 Å². The molecule has 2 aromatic carbocycles. The van der Waals surface area contributed by atoms with Gasteiger partial charge in [0.2, 0.25) is 11.8 Å². The molecule has 4 nitrogen and oxygen atoms in total. The molecule has 3 aromatic rings. The van der Waals surface area contributed by atoms with Crippen LogP contribution in [0.4, 0.5) is 0 Å². The first-order chi connectivity index (χ1) is 11.8. The van der Waals surface area contributed by atoms with Gasteiger partial charge in [-0.3, -0.25) is 4.79 Å². The molecule has 24 heavy (non-hydrogen) atoms. The minimum Gasteiger partial charge on any atom is -0.438 e. The molecule has 4 heteroatoms. The lowest BCUT2D eigenvalue weighted by Crippen LogP contribution is -2.20. The van der Waals surface area contributed by atoms with Crippen LogP contribution < -0.4 is 4.74 Å². The van der Waals surface area contributed by atoms with Crippen molar-refractivity contribution in [2.75, 3.05) is 0 Å². The standard InChI is InChI=1S/C20H16N2O2/c23-19-7-4-12-22(19)14-15-8-9-16-10-11-21-20(18(16)13-15)24-17-5-2-1-3-6-17/h1-6,8-13H,7,14H2. The Morgan fingerprint density at radius 2 is 1.96 bits per heavy atom. The zero-order chi connectivity index (χ0) is 16.4. The highest BCUT2D eigenvalue weighted by Crippen LogP contribution is 2.29. The molecule has 118 valence electrons. The maximum Gasteiger partial charge on any atom is 0.230 e. The van der Waals surface area contributed by atoms with E-state index in [1.165, 1.54) is 0 Å². The molecule has 0 saturated heterocycles. The van der Waals surface area contributed by atoms with E-state index in [1.807, 2.05) is 66.9 Å². The summed E-state index contributed by atoms with van der Waals surface area (Å²) in [5.41, 5.74) is 1.05. The summed E-state index contributed by atoms with van der Waals surface area (Å²) in [4.78, 5) is 17.9. The Kier molecular flexibility index (Phi) is 3.71. The molecular formula is C20H16N2O2. The number of fused-ring (bicyclic) bond motifs is 1. The van der Waals surface area contributed by atoms with E-state index in [4.69, 9.17) is 4.74 Å². The number of hydrogen-bond acceptors (Lipinski definition) is 3. The van der Waals surface area contributed by atoms with Crippen LogP contribution in [0.15, 0.2) is 73.1 Å². The van der Waals surface area contributed by atoms with Gasteiger partial charge in [0.1, 0.15) is 5.75 Å². The van der Waals surface area contributed by atoms with Gasteiger partial charge in [-0.25, -0.2) is 4.98 Å². The third-order valence-electron chi connectivity index (χ3n) is 4.00. The third kappa shape index (κ3) is 2.86. The van der Waals surface area contributed by atoms with Gasteiger partial charge in [-0.05, 0) is 35.2 Å². The van der Waals surface area contributed by atoms with Gasteiger partial charge in [0.05, 0.1) is 6.54 Å². The predicted molar refractivity (Wildman–Crippen MR) is 92.6 cm³/mol. The third-order valence-corrected chi connectivity index (χ3v) is 4.00. The van der Waals surface area contributed by atoms with Crippen LogP contribution in [0, 0.1) is 0 Å². The first-order valence-electron chi connectivity index (χ1n) is 7.86. The number of aromatic nitrogens is 1. The number of nitrogens with zero attached hydrogens (tertiary/aromatic N) is 2. The second kappa shape index (κ2) is 6.16. The molecule has 0 spiro atoms. The summed E-state index contributed by atoms with van der Waals surface area (Å²) in [6.07, 6.45) is 5.95. The summed E-state index contributed by atoms with van der Waals surface area (Å²) >= 11 is 0. The van der Waals surface area contributed by atoms with Gasteiger partial charge in [0.25, 0.3) is 0 Å². The average molecular weight is 316 g/mol. The summed E-state index contributed by atoms with van der Waals surface area (Å²) < 4.78 is 5.93. The number of carbonyl (C=O) groups excluding carboxylic acids is 1. The number of hydrogen-bond donors (Lipinski definition) is 0. The van der Waals surface area contributed by atoms with Crippen LogP contribution >= 0.6 is 0 Å². The van der Waals surface area contributed by atoms with Crippen molar-refractivity contribution in [1.29, 1.82) is 0 Å². The summed E-state index contributed by atoms with van der Waals surface area (Å²) in [6, 6.07) is 17.7. The maximum atomic E-state index is 11.8. The molecule has 1 aromatic heterocycles. The summed E-state index contributed by atoms with van der Waals surface area (Å²) in [5.74, 6) is 1.45. The summed E-state index contributed by atoms with van der Waals surface area (Å²) in [6.45, 7) is 0.560. The van der Waals surface area contributed by atoms with Crippen molar-refractivity contribution in [3.8, 4) is 11.6 Å². The van der Waals surface area contributed by atoms with E-state index >= 15 is 0 Å². The van der Waals surface area contributed by atoms with E-state index in [0.29, 0.717) is 18.8 Å². The molecule has 0 saturated carbocycles. The minimum atomic E-state index is 0.127. The molecule has 4 rings (SSSR count). The van der Waals surface area contributed by atoms with Crippen molar-refractivity contribution >= 4 is 16.7 Å². The van der Waals surface area contributed by atoms with Crippen LogP contribution in [0.5, 0.6) is 11.6 Å². The Balaban J connectivity index is 1.68. The van der Waals surface area contributed by atoms with Crippen LogP contribution in [0.2, 0.25) is 0 Å². The van der Waals surface area contributed by atoms with Gasteiger partial charge in [-0.15, -0.1) is 0 Å². The number of carbonyl (C=O) groups is 1. The average Bonchev–Trinajstić information content (AvgIpc) is 3.01. The molecule has 0 atom stereocenters. The van der Waals surface area contributed by atoms with E-state index in [1.54, 1.807) is 11.1 Å². The van der Waals surface area contributed by atoms with Gasteiger partial charge in [-0.2, -0.15) is 0 Å². The Labute approximate surface area is 140 Å². The molecule has 2 heterocycles. The second-order valence-electron chi connectivity index (χ2n) is 5.70. The highest BCUT2D eigenvalue weighted by Gasteiger charge is 2.15. The molecule has 1 aliphatic rings. The summed E-state index contributed by atoms with van der Waals surface area (Å²) in [7, 11) is 0. The molecule has 1 aliphatic heterocycles. The topological polar surface area (TPSA) is 42.4 Å². The molecule has 0 unspecified atom stereocenters. The second-order valence-corrected chi connectivity index (χ2v) is 5.70. The number of ether oxygens (including phenoxy) is 1. The zero-order valence-electron chi connectivity index (χ0n) is 13.1. The number of amides is 1. The monoisotopic (exact) mass is 316 g/mol. The fraction of sp³-hybridized carbons (Fsp3) is 0.100. The van der Waals surface area contributed by atoms with Crippen molar-refractivity contribution < 1.29 is 9.53 Å². The van der Waals surface area contributed by atoms with Gasteiger partial charge in [0.15, 0.2) is 0 Å². The normalized spacial score (nSPS) is 13.7. The van der Waals surface area contributed by atoms with E-state index < -0.39 is 0 Å². The van der Waals surface area contributed by atoms with E-state index in [-0.39, 0.29) is 5.91 Å². The summed E-state index contributed by atoms with van der Waals surface area (Å²) in [5, 5.41) is 2.00. The molecule has 0 radical (unpaired) electrons. The van der Waals surface area contributed by atoms with Crippen molar-refractivity contribution in [2.45, 2.75) is 13.0 Å². The van der Waals surface area contributed by atoms with Crippen molar-refractivity contribution in [1.82, 2.24) is 9.88 Å². The molecule has 0 aliphatic carbocycles. The number of rotatable bonds is 4. The highest BCUT2D eigenvalue weighted by molar-refractivity contribution is 5.88. The van der Waals surface area contributed by atoms with Gasteiger partial charge < -0.3 is 9.64 Å². The lowest BCUT2D eigenvalue weighted by atomic mass is 10.1. The van der Waals surface area contributed by atoms with Crippen LogP contribution in [0.25, 0.3) is 10.8 Å². The molecule has 1 amide bonds. The van der Waals surface area contributed by atoms with Crippen LogP contribution in [-0.2, 0) is 11.3 Å². The van der Waals surface area contributed by atoms with Crippen LogP contribution in [0.1, 0.15) is 12.0 Å². The Morgan fingerprint density at radius 3 is 2.75 bits per heavy atom. The zero-order valence-corrected chi connectivity index (χ0v) is 13.1. The van der Waals surface area contributed by atoms with E-state index in [0.717, 1.165) is 22.1 Å². The first kappa shape index (κ1) is 14.5. The number of para-hydroxylation sites is 1. The van der Waals surface area contributed by atoms with Gasteiger partial charge in [0, 0.05) is 24.2 Å². The van der Waals surface area contributed by atoms with Crippen molar-refractivity contribution in [3.05, 3.63) is 78.6 Å². The maximum absolute atomic E-state index is 11.8. The van der Waals surface area contributed by atoms with Gasteiger partial charge in [-0.1, -0.05) is 36.4 Å². The predicted octanol–water partition coefficient (Wildman–Crippen LogP) is 4.27. The Bertz CT molecular complexity index is 919. The van der Waals surface area contributed by atoms with Crippen LogP contribution in [-0.4, -0.2) is 15.8 Å². The molecular weight excluding hydrogens is 300 g/mol. The van der Waals surface area contributed by atoms with E-state index in [9.17, 15) is 4.79 Å². The molecule has 0 bridgehead atoms. The fourth-order valence-electron chi connectivity index (χ4n) is 2.79. The fourth-order valence-corrected chi connectivity index (χ4v) is 2.79. The SMILES string of the molecule is O=C1CC=CN1Cc1ccc2ccnc(Oc3ccccc3)c2c1. The number of benzene rings is 2. The Morgan fingerprint density at radius 1 is 1.08 bits per heavy atom. The largest absolute Gasteiger partial charge is 0.438 e. The quantitative estimate of drug-likeness (QED) is 0.722. The van der Waals surface area contributed by atoms with E-state index in [2.05, 4.69) is 4.98 Å². The van der Waals surface area contributed by atoms with Crippen LogP contribution in [0.3, 0.4) is 0 Å². The lowest BCUT2D eigenvalue weighted by molar-refractivity contribution is -0.127. The number of pyridine rings is 1. The highest BCUT2D eigenvalue weighted by atomic mass is 16.5. The van der Waals surface area contributed by atoms with Gasteiger partial charge >= 0.3 is 0 Å². The minimum absolute atomic E-state index is 0.127. The Hall–Kier alpha value is -3.14.